The fourth-order valence-electron chi connectivity index (χ4n) is 2.21. The summed E-state index contributed by atoms with van der Waals surface area (Å²) in [6.07, 6.45) is -0.807. The molecule has 0 saturated carbocycles. The van der Waals surface area contributed by atoms with Crippen LogP contribution in [0.15, 0.2) is 0 Å². The first-order valence-corrected chi connectivity index (χ1v) is 11.8. The summed E-state index contributed by atoms with van der Waals surface area (Å²) in [6.45, 7) is 17.5. The number of rotatable bonds is 3. The molecule has 0 aromatic rings. The Morgan fingerprint density at radius 1 is 1.28 bits per heavy atom. The van der Waals surface area contributed by atoms with Gasteiger partial charge in [0.25, 0.3) is 0 Å². The van der Waals surface area contributed by atoms with Gasteiger partial charge >= 0.3 is 6.09 Å². The second-order valence-corrected chi connectivity index (χ2v) is 13.9. The van der Waals surface area contributed by atoms with E-state index >= 15 is 0 Å². The van der Waals surface area contributed by atoms with Gasteiger partial charge < -0.3 is 18.8 Å². The zero-order chi connectivity index (χ0) is 19.5. The van der Waals surface area contributed by atoms with Crippen LogP contribution in [-0.2, 0) is 13.9 Å². The summed E-state index contributed by atoms with van der Waals surface area (Å²) in [5, 5.41) is 9.64. The summed E-state index contributed by atoms with van der Waals surface area (Å²) in [5.74, 6) is 0. The SMILES string of the molecule is CC(C)(C)OC(=O)N1CCCOC(C(C#N)O[Si](C)(C)C(C)(C)C)C1. The van der Waals surface area contributed by atoms with E-state index in [1.165, 1.54) is 0 Å². The molecule has 0 bridgehead atoms. The minimum Gasteiger partial charge on any atom is -0.444 e. The number of nitrogens with zero attached hydrogens (tertiary/aromatic N) is 2. The van der Waals surface area contributed by atoms with Crippen molar-refractivity contribution in [1.29, 1.82) is 5.26 Å². The lowest BCUT2D eigenvalue weighted by Gasteiger charge is -2.39. The zero-order valence-corrected chi connectivity index (χ0v) is 18.0. The van der Waals surface area contributed by atoms with Crippen LogP contribution in [0.25, 0.3) is 0 Å². The number of carbonyl (C=O) groups is 1. The van der Waals surface area contributed by atoms with E-state index in [1.54, 1.807) is 4.90 Å². The predicted molar refractivity (Wildman–Crippen MR) is 99.8 cm³/mol. The Labute approximate surface area is 153 Å². The van der Waals surface area contributed by atoms with Gasteiger partial charge in [0, 0.05) is 13.2 Å². The smallest absolute Gasteiger partial charge is 0.410 e. The van der Waals surface area contributed by atoms with Crippen LogP contribution in [0.3, 0.4) is 0 Å². The van der Waals surface area contributed by atoms with Crippen LogP contribution in [0.1, 0.15) is 48.0 Å². The fourth-order valence-corrected chi connectivity index (χ4v) is 3.40. The molecule has 0 radical (unpaired) electrons. The van der Waals surface area contributed by atoms with E-state index in [9.17, 15) is 10.1 Å². The van der Waals surface area contributed by atoms with Crippen molar-refractivity contribution in [3.8, 4) is 6.07 Å². The van der Waals surface area contributed by atoms with Crippen LogP contribution in [-0.4, -0.2) is 56.8 Å². The molecule has 2 atom stereocenters. The Kier molecular flexibility index (Phi) is 7.08. The molecule has 0 aromatic heterocycles. The number of nitriles is 1. The van der Waals surface area contributed by atoms with Gasteiger partial charge in [0.2, 0.25) is 0 Å². The van der Waals surface area contributed by atoms with Gasteiger partial charge in [-0.15, -0.1) is 0 Å². The number of carbonyl (C=O) groups excluding carboxylic acids is 1. The molecular formula is C18H34N2O4Si. The average Bonchev–Trinajstić information content (AvgIpc) is 2.67. The van der Waals surface area contributed by atoms with E-state index in [-0.39, 0.29) is 11.1 Å². The summed E-state index contributed by atoms with van der Waals surface area (Å²) in [6, 6.07) is 2.24. The maximum Gasteiger partial charge on any atom is 0.410 e. The first-order valence-electron chi connectivity index (χ1n) is 8.94. The van der Waals surface area contributed by atoms with Crippen LogP contribution >= 0.6 is 0 Å². The van der Waals surface area contributed by atoms with E-state index in [0.29, 0.717) is 26.1 Å². The predicted octanol–water partition coefficient (Wildman–Crippen LogP) is 3.93. The van der Waals surface area contributed by atoms with Crippen LogP contribution in [0, 0.1) is 11.3 Å². The number of amides is 1. The number of ether oxygens (including phenoxy) is 2. The maximum atomic E-state index is 12.4. The third-order valence-electron chi connectivity index (χ3n) is 4.65. The Morgan fingerprint density at radius 3 is 2.36 bits per heavy atom. The van der Waals surface area contributed by atoms with Crippen molar-refractivity contribution in [2.75, 3.05) is 19.7 Å². The monoisotopic (exact) mass is 370 g/mol. The molecular weight excluding hydrogens is 336 g/mol. The van der Waals surface area contributed by atoms with Crippen LogP contribution in [0.2, 0.25) is 18.1 Å². The molecule has 2 unspecified atom stereocenters. The molecule has 1 aliphatic heterocycles. The van der Waals surface area contributed by atoms with Gasteiger partial charge in [-0.25, -0.2) is 4.79 Å². The van der Waals surface area contributed by atoms with E-state index < -0.39 is 26.1 Å². The minimum atomic E-state index is -2.11. The summed E-state index contributed by atoms with van der Waals surface area (Å²) >= 11 is 0. The Balaban J connectivity index is 2.87. The van der Waals surface area contributed by atoms with Gasteiger partial charge in [0.1, 0.15) is 11.7 Å². The summed E-state index contributed by atoms with van der Waals surface area (Å²) < 4.78 is 17.6. The van der Waals surface area contributed by atoms with Gasteiger partial charge in [-0.3, -0.25) is 0 Å². The molecule has 0 spiro atoms. The molecule has 1 fully saturated rings. The second-order valence-electron chi connectivity index (χ2n) is 9.12. The van der Waals surface area contributed by atoms with Crippen molar-refractivity contribution in [3.05, 3.63) is 0 Å². The number of hydrogen-bond acceptors (Lipinski definition) is 5. The van der Waals surface area contributed by atoms with E-state index in [2.05, 4.69) is 39.9 Å². The standard InChI is InChI=1S/C18H34N2O4Si/c1-17(2,3)23-16(21)20-10-9-11-22-15(13-20)14(12-19)24-25(7,8)18(4,5)6/h14-15H,9-11,13H2,1-8H3. The molecule has 7 heteroatoms. The molecule has 0 aromatic carbocycles. The van der Waals surface area contributed by atoms with E-state index in [4.69, 9.17) is 13.9 Å². The molecule has 1 saturated heterocycles. The van der Waals surface area contributed by atoms with Gasteiger partial charge in [-0.05, 0) is 45.3 Å². The highest BCUT2D eigenvalue weighted by molar-refractivity contribution is 6.74. The Hall–Kier alpha value is -1.10. The third kappa shape index (κ3) is 6.61. The third-order valence-corrected chi connectivity index (χ3v) is 9.10. The highest BCUT2D eigenvalue weighted by Crippen LogP contribution is 2.37. The van der Waals surface area contributed by atoms with Gasteiger partial charge in [0.15, 0.2) is 14.4 Å². The molecule has 1 heterocycles. The minimum absolute atomic E-state index is 0.00230. The van der Waals surface area contributed by atoms with Crippen molar-refractivity contribution in [3.63, 3.8) is 0 Å². The van der Waals surface area contributed by atoms with Crippen molar-refractivity contribution >= 4 is 14.4 Å². The van der Waals surface area contributed by atoms with Crippen molar-refractivity contribution < 1.29 is 18.7 Å². The fraction of sp³-hybridized carbons (Fsp3) is 0.889. The summed E-state index contributed by atoms with van der Waals surface area (Å²) in [7, 11) is -2.11. The highest BCUT2D eigenvalue weighted by Gasteiger charge is 2.42. The molecule has 0 aliphatic carbocycles. The summed E-state index contributed by atoms with van der Waals surface area (Å²) in [5.41, 5.74) is -0.550. The zero-order valence-electron chi connectivity index (χ0n) is 17.0. The lowest BCUT2D eigenvalue weighted by molar-refractivity contribution is -0.0167. The van der Waals surface area contributed by atoms with E-state index in [0.717, 1.165) is 0 Å². The first-order chi connectivity index (χ1) is 11.3. The van der Waals surface area contributed by atoms with Gasteiger partial charge in [-0.2, -0.15) is 5.26 Å². The highest BCUT2D eigenvalue weighted by atomic mass is 28.4. The first kappa shape index (κ1) is 21.9. The van der Waals surface area contributed by atoms with Crippen LogP contribution in [0.4, 0.5) is 4.79 Å². The lowest BCUT2D eigenvalue weighted by Crippen LogP contribution is -2.50. The second kappa shape index (κ2) is 8.06. The van der Waals surface area contributed by atoms with Crippen LogP contribution < -0.4 is 0 Å². The molecule has 1 aliphatic rings. The van der Waals surface area contributed by atoms with E-state index in [1.807, 2.05) is 20.8 Å². The van der Waals surface area contributed by atoms with Crippen LogP contribution in [0.5, 0.6) is 0 Å². The Bertz CT molecular complexity index is 503. The molecule has 0 N–H and O–H groups in total. The van der Waals surface area contributed by atoms with Crippen molar-refractivity contribution in [1.82, 2.24) is 4.90 Å². The molecule has 6 nitrogen and oxygen atoms in total. The quantitative estimate of drug-likeness (QED) is 0.704. The molecule has 144 valence electrons. The maximum absolute atomic E-state index is 12.4. The average molecular weight is 371 g/mol. The topological polar surface area (TPSA) is 71.8 Å². The van der Waals surface area contributed by atoms with Gasteiger partial charge in [0.05, 0.1) is 12.6 Å². The lowest BCUT2D eigenvalue weighted by atomic mass is 10.2. The van der Waals surface area contributed by atoms with Crippen molar-refractivity contribution in [2.45, 2.75) is 83.9 Å². The molecule has 1 rings (SSSR count). The largest absolute Gasteiger partial charge is 0.444 e. The Morgan fingerprint density at radius 2 is 1.88 bits per heavy atom. The number of hydrogen-bond donors (Lipinski definition) is 0. The van der Waals surface area contributed by atoms with Gasteiger partial charge in [-0.1, -0.05) is 20.8 Å². The summed E-state index contributed by atoms with van der Waals surface area (Å²) in [4.78, 5) is 14.0. The molecule has 25 heavy (non-hydrogen) atoms. The normalized spacial score (nSPS) is 21.2. The molecule has 1 amide bonds. The van der Waals surface area contributed by atoms with Crippen molar-refractivity contribution in [2.24, 2.45) is 0 Å².